The summed E-state index contributed by atoms with van der Waals surface area (Å²) in [6, 6.07) is 13.1. The minimum absolute atomic E-state index is 0.134. The maximum Gasteiger partial charge on any atom is 0.289 e. The van der Waals surface area contributed by atoms with Gasteiger partial charge in [-0.15, -0.1) is 11.3 Å². The first-order valence-electron chi connectivity index (χ1n) is 6.12. The third-order valence-electron chi connectivity index (χ3n) is 3.00. The second kappa shape index (κ2) is 5.31. The molecule has 0 bridgehead atoms. The van der Waals surface area contributed by atoms with E-state index in [0.29, 0.717) is 12.3 Å². The van der Waals surface area contributed by atoms with E-state index in [2.05, 4.69) is 0 Å². The number of fused-ring (bicyclic) bond motifs is 1. The van der Waals surface area contributed by atoms with Crippen molar-refractivity contribution in [1.29, 1.82) is 0 Å². The molecule has 0 saturated heterocycles. The second-order valence-corrected chi connectivity index (χ2v) is 6.32. The molecule has 0 saturated carbocycles. The lowest BCUT2D eigenvalue weighted by molar-refractivity contribution is 0.0757. The van der Waals surface area contributed by atoms with E-state index in [-0.39, 0.29) is 5.91 Å². The Kier molecular flexibility index (Phi) is 3.51. The van der Waals surface area contributed by atoms with Crippen LogP contribution in [0.5, 0.6) is 0 Å². The second-order valence-electron chi connectivity index (χ2n) is 4.52. The van der Waals surface area contributed by atoms with E-state index in [4.69, 9.17) is 16.0 Å². The van der Waals surface area contributed by atoms with Gasteiger partial charge >= 0.3 is 0 Å². The van der Waals surface area contributed by atoms with Crippen molar-refractivity contribution < 1.29 is 9.21 Å². The summed E-state index contributed by atoms with van der Waals surface area (Å²) in [5.41, 5.74) is 0.725. The van der Waals surface area contributed by atoms with Crippen LogP contribution in [0.2, 0.25) is 4.34 Å². The highest BCUT2D eigenvalue weighted by Gasteiger charge is 2.17. The van der Waals surface area contributed by atoms with Gasteiger partial charge in [0, 0.05) is 17.3 Å². The molecule has 0 radical (unpaired) electrons. The Balaban J connectivity index is 1.80. The third kappa shape index (κ3) is 2.57. The first-order valence-corrected chi connectivity index (χ1v) is 7.31. The number of para-hydroxylation sites is 1. The van der Waals surface area contributed by atoms with Crippen LogP contribution < -0.4 is 0 Å². The number of carbonyl (C=O) groups excluding carboxylic acids is 1. The Morgan fingerprint density at radius 1 is 1.30 bits per heavy atom. The molecular formula is C15H12ClNO2S. The number of benzene rings is 1. The Hall–Kier alpha value is -1.78. The van der Waals surface area contributed by atoms with Crippen LogP contribution in [0.25, 0.3) is 11.0 Å². The van der Waals surface area contributed by atoms with Crippen LogP contribution in [-0.4, -0.2) is 17.9 Å². The molecule has 0 N–H and O–H groups in total. The molecule has 5 heteroatoms. The minimum atomic E-state index is -0.134. The quantitative estimate of drug-likeness (QED) is 0.717. The van der Waals surface area contributed by atoms with Crippen LogP contribution in [0.15, 0.2) is 46.9 Å². The van der Waals surface area contributed by atoms with E-state index >= 15 is 0 Å². The van der Waals surface area contributed by atoms with E-state index in [0.717, 1.165) is 20.2 Å². The van der Waals surface area contributed by atoms with Gasteiger partial charge in [0.15, 0.2) is 5.76 Å². The van der Waals surface area contributed by atoms with Gasteiger partial charge in [0.25, 0.3) is 5.91 Å². The summed E-state index contributed by atoms with van der Waals surface area (Å²) >= 11 is 7.37. The number of amides is 1. The first-order chi connectivity index (χ1) is 9.63. The highest BCUT2D eigenvalue weighted by Crippen LogP contribution is 2.24. The molecular weight excluding hydrogens is 294 g/mol. The Morgan fingerprint density at radius 2 is 2.10 bits per heavy atom. The van der Waals surface area contributed by atoms with Gasteiger partial charge in [-0.2, -0.15) is 0 Å². The Labute approximate surface area is 125 Å². The summed E-state index contributed by atoms with van der Waals surface area (Å²) in [7, 11) is 1.75. The molecule has 0 fully saturated rings. The summed E-state index contributed by atoms with van der Waals surface area (Å²) in [6.07, 6.45) is 0. The highest BCUT2D eigenvalue weighted by molar-refractivity contribution is 7.16. The van der Waals surface area contributed by atoms with Gasteiger partial charge < -0.3 is 9.32 Å². The van der Waals surface area contributed by atoms with E-state index in [1.54, 1.807) is 18.0 Å². The number of furan rings is 1. The normalized spacial score (nSPS) is 10.9. The van der Waals surface area contributed by atoms with Gasteiger partial charge in [0.05, 0.1) is 10.9 Å². The van der Waals surface area contributed by atoms with Gasteiger partial charge in [-0.3, -0.25) is 4.79 Å². The van der Waals surface area contributed by atoms with Crippen LogP contribution in [0.3, 0.4) is 0 Å². The lowest BCUT2D eigenvalue weighted by Crippen LogP contribution is -2.25. The molecule has 1 amide bonds. The number of hydrogen-bond acceptors (Lipinski definition) is 3. The molecule has 0 spiro atoms. The number of carbonyl (C=O) groups is 1. The molecule has 3 nitrogen and oxygen atoms in total. The van der Waals surface area contributed by atoms with Crippen molar-refractivity contribution >= 4 is 39.8 Å². The number of hydrogen-bond donors (Lipinski definition) is 0. The predicted octanol–water partition coefficient (Wildman–Crippen LogP) is 4.42. The summed E-state index contributed by atoms with van der Waals surface area (Å²) in [6.45, 7) is 0.521. The standard InChI is InChI=1S/C15H12ClNO2S/c1-17(9-11-6-7-14(16)20-11)15(18)13-8-10-4-2-3-5-12(10)19-13/h2-8H,9H2,1H3. The molecule has 2 heterocycles. The molecule has 0 aliphatic carbocycles. The smallest absolute Gasteiger partial charge is 0.289 e. The molecule has 0 atom stereocenters. The largest absolute Gasteiger partial charge is 0.451 e. The van der Waals surface area contributed by atoms with Crippen molar-refractivity contribution in [1.82, 2.24) is 4.90 Å². The number of rotatable bonds is 3. The van der Waals surface area contributed by atoms with Gasteiger partial charge in [0.2, 0.25) is 0 Å². The van der Waals surface area contributed by atoms with Gasteiger partial charge in [0.1, 0.15) is 5.58 Å². The summed E-state index contributed by atoms with van der Waals surface area (Å²) in [5, 5.41) is 0.934. The fraction of sp³-hybridized carbons (Fsp3) is 0.133. The average Bonchev–Trinajstić information content (AvgIpc) is 3.03. The van der Waals surface area contributed by atoms with Crippen LogP contribution in [0.1, 0.15) is 15.4 Å². The first kappa shape index (κ1) is 13.2. The molecule has 3 aromatic rings. The van der Waals surface area contributed by atoms with Crippen molar-refractivity contribution in [2.24, 2.45) is 0 Å². The number of nitrogens with zero attached hydrogens (tertiary/aromatic N) is 1. The maximum atomic E-state index is 12.3. The molecule has 0 unspecified atom stereocenters. The lowest BCUT2D eigenvalue weighted by atomic mass is 10.2. The topological polar surface area (TPSA) is 33.5 Å². The number of halogens is 1. The van der Waals surface area contributed by atoms with Crippen molar-refractivity contribution in [3.05, 3.63) is 57.4 Å². The Morgan fingerprint density at radius 3 is 2.80 bits per heavy atom. The summed E-state index contributed by atoms with van der Waals surface area (Å²) in [5.74, 6) is 0.224. The minimum Gasteiger partial charge on any atom is -0.451 e. The van der Waals surface area contributed by atoms with Crippen molar-refractivity contribution in [3.8, 4) is 0 Å². The lowest BCUT2D eigenvalue weighted by Gasteiger charge is -2.14. The van der Waals surface area contributed by atoms with Crippen LogP contribution in [0, 0.1) is 0 Å². The Bertz CT molecular complexity index is 729. The molecule has 102 valence electrons. The van der Waals surface area contributed by atoms with E-state index in [1.165, 1.54) is 11.3 Å². The predicted molar refractivity (Wildman–Crippen MR) is 81.3 cm³/mol. The number of thiophene rings is 1. The van der Waals surface area contributed by atoms with Crippen LogP contribution in [0.4, 0.5) is 0 Å². The van der Waals surface area contributed by atoms with E-state index in [1.807, 2.05) is 36.4 Å². The maximum absolute atomic E-state index is 12.3. The molecule has 20 heavy (non-hydrogen) atoms. The highest BCUT2D eigenvalue weighted by atomic mass is 35.5. The zero-order chi connectivity index (χ0) is 14.1. The third-order valence-corrected chi connectivity index (χ3v) is 4.22. The zero-order valence-corrected chi connectivity index (χ0v) is 12.4. The van der Waals surface area contributed by atoms with E-state index in [9.17, 15) is 4.79 Å². The molecule has 2 aromatic heterocycles. The monoisotopic (exact) mass is 305 g/mol. The molecule has 3 rings (SSSR count). The van der Waals surface area contributed by atoms with Gasteiger partial charge in [-0.1, -0.05) is 29.8 Å². The fourth-order valence-corrected chi connectivity index (χ4v) is 3.16. The van der Waals surface area contributed by atoms with Gasteiger partial charge in [-0.25, -0.2) is 0 Å². The fourth-order valence-electron chi connectivity index (χ4n) is 2.02. The average molecular weight is 306 g/mol. The van der Waals surface area contributed by atoms with Crippen LogP contribution in [-0.2, 0) is 6.54 Å². The summed E-state index contributed by atoms with van der Waals surface area (Å²) in [4.78, 5) is 15.0. The summed E-state index contributed by atoms with van der Waals surface area (Å²) < 4.78 is 6.31. The van der Waals surface area contributed by atoms with Crippen molar-refractivity contribution in [3.63, 3.8) is 0 Å². The molecule has 0 aliphatic rings. The SMILES string of the molecule is CN(Cc1ccc(Cl)s1)C(=O)c1cc2ccccc2o1. The van der Waals surface area contributed by atoms with Crippen molar-refractivity contribution in [2.45, 2.75) is 6.54 Å². The molecule has 0 aliphatic heterocycles. The molecule has 1 aromatic carbocycles. The van der Waals surface area contributed by atoms with E-state index < -0.39 is 0 Å². The zero-order valence-electron chi connectivity index (χ0n) is 10.8. The van der Waals surface area contributed by atoms with Crippen molar-refractivity contribution in [2.75, 3.05) is 7.05 Å². The van der Waals surface area contributed by atoms with Crippen LogP contribution >= 0.6 is 22.9 Å². The van der Waals surface area contributed by atoms with Gasteiger partial charge in [-0.05, 0) is 24.3 Å².